The SMILES string of the molecule is CC(=O)Nc1cncnc1C(C)C. The predicted octanol–water partition coefficient (Wildman–Crippen LogP) is 1.56. The number of nitrogens with zero attached hydrogens (tertiary/aromatic N) is 2. The van der Waals surface area contributed by atoms with E-state index in [9.17, 15) is 4.79 Å². The quantitative estimate of drug-likeness (QED) is 0.749. The molecule has 1 heterocycles. The molecule has 0 aliphatic carbocycles. The van der Waals surface area contributed by atoms with Gasteiger partial charge in [0.05, 0.1) is 17.6 Å². The summed E-state index contributed by atoms with van der Waals surface area (Å²) in [5.74, 6) is 0.182. The van der Waals surface area contributed by atoms with Crippen molar-refractivity contribution in [3.8, 4) is 0 Å². The van der Waals surface area contributed by atoms with Crippen LogP contribution < -0.4 is 5.32 Å². The number of hydrogen-bond donors (Lipinski definition) is 1. The molecule has 1 N–H and O–H groups in total. The number of rotatable bonds is 2. The molecule has 0 fully saturated rings. The Balaban J connectivity index is 2.97. The second kappa shape index (κ2) is 3.98. The largest absolute Gasteiger partial charge is 0.323 e. The lowest BCUT2D eigenvalue weighted by atomic mass is 10.1. The summed E-state index contributed by atoms with van der Waals surface area (Å²) in [6, 6.07) is 0. The number of aromatic nitrogens is 2. The molecule has 0 aromatic carbocycles. The molecular formula is C9H13N3O. The Morgan fingerprint density at radius 2 is 2.23 bits per heavy atom. The Bertz CT molecular complexity index is 309. The molecule has 13 heavy (non-hydrogen) atoms. The van der Waals surface area contributed by atoms with E-state index < -0.39 is 0 Å². The number of anilines is 1. The van der Waals surface area contributed by atoms with E-state index in [0.717, 1.165) is 5.69 Å². The highest BCUT2D eigenvalue weighted by Crippen LogP contribution is 2.19. The normalized spacial score (nSPS) is 10.2. The van der Waals surface area contributed by atoms with Gasteiger partial charge in [-0.1, -0.05) is 13.8 Å². The summed E-state index contributed by atoms with van der Waals surface area (Å²) in [7, 11) is 0. The second-order valence-electron chi connectivity index (χ2n) is 3.16. The zero-order valence-electron chi connectivity index (χ0n) is 8.03. The lowest BCUT2D eigenvalue weighted by Crippen LogP contribution is -2.10. The van der Waals surface area contributed by atoms with Crippen molar-refractivity contribution in [2.24, 2.45) is 0 Å². The number of carbonyl (C=O) groups excluding carboxylic acids is 1. The maximum atomic E-state index is 10.8. The first kappa shape index (κ1) is 9.64. The predicted molar refractivity (Wildman–Crippen MR) is 50.4 cm³/mol. The van der Waals surface area contributed by atoms with Crippen LogP contribution in [-0.4, -0.2) is 15.9 Å². The molecular weight excluding hydrogens is 166 g/mol. The highest BCUT2D eigenvalue weighted by molar-refractivity contribution is 5.89. The molecule has 0 radical (unpaired) electrons. The molecule has 70 valence electrons. The van der Waals surface area contributed by atoms with Crippen LogP contribution >= 0.6 is 0 Å². The minimum atomic E-state index is -0.100. The Morgan fingerprint density at radius 3 is 2.77 bits per heavy atom. The fraction of sp³-hybridized carbons (Fsp3) is 0.444. The van der Waals surface area contributed by atoms with E-state index in [4.69, 9.17) is 0 Å². The van der Waals surface area contributed by atoms with Gasteiger partial charge in [-0.2, -0.15) is 0 Å². The van der Waals surface area contributed by atoms with Crippen LogP contribution in [0, 0.1) is 0 Å². The third-order valence-corrected chi connectivity index (χ3v) is 1.60. The van der Waals surface area contributed by atoms with Crippen molar-refractivity contribution >= 4 is 11.6 Å². The molecule has 0 unspecified atom stereocenters. The first-order valence-electron chi connectivity index (χ1n) is 4.18. The fourth-order valence-corrected chi connectivity index (χ4v) is 1.09. The van der Waals surface area contributed by atoms with Crippen LogP contribution in [0.5, 0.6) is 0 Å². The van der Waals surface area contributed by atoms with Crippen molar-refractivity contribution in [1.29, 1.82) is 0 Å². The summed E-state index contributed by atoms with van der Waals surface area (Å²) in [6.45, 7) is 5.51. The summed E-state index contributed by atoms with van der Waals surface area (Å²) in [4.78, 5) is 18.8. The van der Waals surface area contributed by atoms with E-state index in [1.54, 1.807) is 6.20 Å². The van der Waals surface area contributed by atoms with Gasteiger partial charge in [0.2, 0.25) is 5.91 Å². The summed E-state index contributed by atoms with van der Waals surface area (Å²) in [5, 5.41) is 2.69. The molecule has 1 rings (SSSR count). The van der Waals surface area contributed by atoms with Gasteiger partial charge in [-0.3, -0.25) is 4.79 Å². The van der Waals surface area contributed by atoms with Crippen molar-refractivity contribution in [2.45, 2.75) is 26.7 Å². The van der Waals surface area contributed by atoms with Crippen molar-refractivity contribution < 1.29 is 4.79 Å². The van der Waals surface area contributed by atoms with Gasteiger partial charge in [0, 0.05) is 6.92 Å². The first-order valence-corrected chi connectivity index (χ1v) is 4.18. The van der Waals surface area contributed by atoms with Crippen molar-refractivity contribution in [3.63, 3.8) is 0 Å². The van der Waals surface area contributed by atoms with Gasteiger partial charge in [0.25, 0.3) is 0 Å². The molecule has 0 bridgehead atoms. The average Bonchev–Trinajstić information content (AvgIpc) is 2.03. The first-order chi connectivity index (χ1) is 6.11. The smallest absolute Gasteiger partial charge is 0.221 e. The molecule has 0 saturated heterocycles. The fourth-order valence-electron chi connectivity index (χ4n) is 1.09. The van der Waals surface area contributed by atoms with Gasteiger partial charge in [-0.25, -0.2) is 9.97 Å². The lowest BCUT2D eigenvalue weighted by molar-refractivity contribution is -0.114. The Hall–Kier alpha value is -1.45. The molecule has 1 amide bonds. The maximum absolute atomic E-state index is 10.8. The van der Waals surface area contributed by atoms with Crippen LogP contribution in [0.2, 0.25) is 0 Å². The van der Waals surface area contributed by atoms with Gasteiger partial charge < -0.3 is 5.32 Å². The topological polar surface area (TPSA) is 54.9 Å². The van der Waals surface area contributed by atoms with Crippen LogP contribution in [0.1, 0.15) is 32.4 Å². The molecule has 0 saturated carbocycles. The molecule has 4 heteroatoms. The average molecular weight is 179 g/mol. The Kier molecular flexibility index (Phi) is 2.95. The van der Waals surface area contributed by atoms with E-state index in [2.05, 4.69) is 15.3 Å². The number of hydrogen-bond acceptors (Lipinski definition) is 3. The van der Waals surface area contributed by atoms with Crippen molar-refractivity contribution in [3.05, 3.63) is 18.2 Å². The van der Waals surface area contributed by atoms with E-state index in [1.807, 2.05) is 13.8 Å². The lowest BCUT2D eigenvalue weighted by Gasteiger charge is -2.09. The van der Waals surface area contributed by atoms with Gasteiger partial charge in [-0.05, 0) is 5.92 Å². The van der Waals surface area contributed by atoms with E-state index >= 15 is 0 Å². The minimum Gasteiger partial charge on any atom is -0.323 e. The number of nitrogens with one attached hydrogen (secondary N) is 1. The minimum absolute atomic E-state index is 0.100. The molecule has 0 aliphatic rings. The maximum Gasteiger partial charge on any atom is 0.221 e. The molecule has 0 aliphatic heterocycles. The van der Waals surface area contributed by atoms with E-state index in [1.165, 1.54) is 13.3 Å². The highest BCUT2D eigenvalue weighted by Gasteiger charge is 2.08. The standard InChI is InChI=1S/C9H13N3O/c1-6(2)9-8(12-7(3)13)4-10-5-11-9/h4-6H,1-3H3,(H,12,13). The van der Waals surface area contributed by atoms with Crippen molar-refractivity contribution in [2.75, 3.05) is 5.32 Å². The molecule has 4 nitrogen and oxygen atoms in total. The number of carbonyl (C=O) groups is 1. The van der Waals surface area contributed by atoms with Gasteiger partial charge in [0.15, 0.2) is 0 Å². The van der Waals surface area contributed by atoms with Crippen LogP contribution in [0.3, 0.4) is 0 Å². The van der Waals surface area contributed by atoms with E-state index in [0.29, 0.717) is 5.69 Å². The zero-order valence-corrected chi connectivity index (χ0v) is 8.03. The van der Waals surface area contributed by atoms with Crippen LogP contribution in [0.25, 0.3) is 0 Å². The van der Waals surface area contributed by atoms with Gasteiger partial charge in [-0.15, -0.1) is 0 Å². The summed E-state index contributed by atoms with van der Waals surface area (Å²) in [5.41, 5.74) is 1.57. The Labute approximate surface area is 77.4 Å². The summed E-state index contributed by atoms with van der Waals surface area (Å²) in [6.07, 6.45) is 3.10. The number of amides is 1. The van der Waals surface area contributed by atoms with Gasteiger partial charge >= 0.3 is 0 Å². The molecule has 1 aromatic heterocycles. The molecule has 1 aromatic rings. The Morgan fingerprint density at radius 1 is 1.54 bits per heavy atom. The summed E-state index contributed by atoms with van der Waals surface area (Å²) < 4.78 is 0. The third kappa shape index (κ3) is 2.50. The van der Waals surface area contributed by atoms with E-state index in [-0.39, 0.29) is 11.8 Å². The summed E-state index contributed by atoms with van der Waals surface area (Å²) >= 11 is 0. The zero-order chi connectivity index (χ0) is 9.84. The van der Waals surface area contributed by atoms with Gasteiger partial charge in [0.1, 0.15) is 6.33 Å². The van der Waals surface area contributed by atoms with Crippen LogP contribution in [-0.2, 0) is 4.79 Å². The van der Waals surface area contributed by atoms with Crippen LogP contribution in [0.15, 0.2) is 12.5 Å². The monoisotopic (exact) mass is 179 g/mol. The third-order valence-electron chi connectivity index (χ3n) is 1.60. The van der Waals surface area contributed by atoms with Crippen LogP contribution in [0.4, 0.5) is 5.69 Å². The highest BCUT2D eigenvalue weighted by atomic mass is 16.1. The van der Waals surface area contributed by atoms with Crippen molar-refractivity contribution in [1.82, 2.24) is 9.97 Å². The molecule has 0 spiro atoms. The molecule has 0 atom stereocenters. The second-order valence-corrected chi connectivity index (χ2v) is 3.16.